The summed E-state index contributed by atoms with van der Waals surface area (Å²) in [7, 11) is 1.55. The highest BCUT2D eigenvalue weighted by atomic mass is 35.5. The summed E-state index contributed by atoms with van der Waals surface area (Å²) in [5.74, 6) is -1.75. The normalized spacial score (nSPS) is 10.5. The van der Waals surface area contributed by atoms with Crippen LogP contribution >= 0.6 is 11.6 Å². The molecule has 5 heteroatoms. The Morgan fingerprint density at radius 3 is 2.31 bits per heavy atom. The van der Waals surface area contributed by atoms with Crippen molar-refractivity contribution in [1.29, 1.82) is 0 Å². The predicted molar refractivity (Wildman–Crippen MR) is 57.9 cm³/mol. The van der Waals surface area contributed by atoms with Crippen molar-refractivity contribution < 1.29 is 18.3 Å². The minimum Gasteiger partial charge on any atom is -0.488 e. The molecule has 0 spiro atoms. The highest BCUT2D eigenvalue weighted by Gasteiger charge is 2.12. The third-order valence-electron chi connectivity index (χ3n) is 1.95. The van der Waals surface area contributed by atoms with Crippen LogP contribution in [-0.4, -0.2) is 20.3 Å². The van der Waals surface area contributed by atoms with Crippen molar-refractivity contribution in [3.8, 4) is 5.75 Å². The monoisotopic (exact) mass is 250 g/mol. The third kappa shape index (κ3) is 3.61. The fourth-order valence-electron chi connectivity index (χ4n) is 1.20. The van der Waals surface area contributed by atoms with Gasteiger partial charge in [-0.3, -0.25) is 0 Å². The lowest BCUT2D eigenvalue weighted by Crippen LogP contribution is -2.04. The van der Waals surface area contributed by atoms with E-state index in [1.165, 1.54) is 12.1 Å². The topological polar surface area (TPSA) is 18.5 Å². The first-order valence-corrected chi connectivity index (χ1v) is 5.38. The number of rotatable bonds is 6. The van der Waals surface area contributed by atoms with Crippen LogP contribution in [-0.2, 0) is 10.6 Å². The van der Waals surface area contributed by atoms with Crippen LogP contribution in [0.2, 0.25) is 0 Å². The number of benzene rings is 1. The van der Waals surface area contributed by atoms with E-state index < -0.39 is 11.6 Å². The SMILES string of the molecule is COCCCOc1c(F)cc(CCl)cc1F. The lowest BCUT2D eigenvalue weighted by atomic mass is 10.2. The van der Waals surface area contributed by atoms with Crippen LogP contribution in [0.25, 0.3) is 0 Å². The van der Waals surface area contributed by atoms with E-state index in [0.717, 1.165) is 0 Å². The van der Waals surface area contributed by atoms with E-state index in [1.807, 2.05) is 0 Å². The second-order valence-electron chi connectivity index (χ2n) is 3.22. The maximum absolute atomic E-state index is 13.4. The number of methoxy groups -OCH3 is 1. The molecule has 0 aliphatic rings. The fraction of sp³-hybridized carbons (Fsp3) is 0.455. The highest BCUT2D eigenvalue weighted by Crippen LogP contribution is 2.24. The maximum atomic E-state index is 13.4. The molecule has 0 heterocycles. The number of alkyl halides is 1. The number of hydrogen-bond donors (Lipinski definition) is 0. The Morgan fingerprint density at radius 1 is 1.19 bits per heavy atom. The molecule has 0 bridgehead atoms. The molecular weight excluding hydrogens is 238 g/mol. The average molecular weight is 251 g/mol. The van der Waals surface area contributed by atoms with Crippen LogP contribution < -0.4 is 4.74 Å². The molecule has 90 valence electrons. The first-order chi connectivity index (χ1) is 7.69. The number of halogens is 3. The Hall–Kier alpha value is -0.870. The van der Waals surface area contributed by atoms with Crippen LogP contribution in [0.15, 0.2) is 12.1 Å². The van der Waals surface area contributed by atoms with Gasteiger partial charge in [0.05, 0.1) is 6.61 Å². The van der Waals surface area contributed by atoms with Crippen molar-refractivity contribution >= 4 is 11.6 Å². The minimum atomic E-state index is -0.729. The zero-order valence-corrected chi connectivity index (χ0v) is 9.69. The third-order valence-corrected chi connectivity index (χ3v) is 2.26. The van der Waals surface area contributed by atoms with Crippen LogP contribution in [0.4, 0.5) is 8.78 Å². The molecule has 1 rings (SSSR count). The van der Waals surface area contributed by atoms with E-state index in [1.54, 1.807) is 7.11 Å². The molecule has 0 radical (unpaired) electrons. The largest absolute Gasteiger partial charge is 0.488 e. The second-order valence-corrected chi connectivity index (χ2v) is 3.48. The summed E-state index contributed by atoms with van der Waals surface area (Å²) in [5.41, 5.74) is 0.390. The molecule has 0 aromatic heterocycles. The molecule has 0 N–H and O–H groups in total. The lowest BCUT2D eigenvalue weighted by Gasteiger charge is -2.09. The summed E-state index contributed by atoms with van der Waals surface area (Å²) in [5, 5.41) is 0. The van der Waals surface area contributed by atoms with Crippen molar-refractivity contribution in [2.45, 2.75) is 12.3 Å². The summed E-state index contributed by atoms with van der Waals surface area (Å²) >= 11 is 5.48. The van der Waals surface area contributed by atoms with Crippen molar-refractivity contribution in [3.05, 3.63) is 29.3 Å². The molecule has 0 saturated carbocycles. The Morgan fingerprint density at radius 2 is 1.81 bits per heavy atom. The molecule has 1 aromatic rings. The maximum Gasteiger partial charge on any atom is 0.190 e. The number of hydrogen-bond acceptors (Lipinski definition) is 2. The standard InChI is InChI=1S/C11H13ClF2O2/c1-15-3-2-4-16-11-9(13)5-8(7-12)6-10(11)14/h5-6H,2-4,7H2,1H3. The molecular formula is C11H13ClF2O2. The van der Waals surface area contributed by atoms with Gasteiger partial charge in [0, 0.05) is 26.0 Å². The predicted octanol–water partition coefficient (Wildman–Crippen LogP) is 3.12. The van der Waals surface area contributed by atoms with Gasteiger partial charge >= 0.3 is 0 Å². The van der Waals surface area contributed by atoms with Gasteiger partial charge in [-0.2, -0.15) is 0 Å². The van der Waals surface area contributed by atoms with E-state index in [2.05, 4.69) is 0 Å². The lowest BCUT2D eigenvalue weighted by molar-refractivity contribution is 0.168. The van der Waals surface area contributed by atoms with E-state index >= 15 is 0 Å². The Kier molecular flexibility index (Phi) is 5.49. The van der Waals surface area contributed by atoms with Gasteiger partial charge in [-0.1, -0.05) is 0 Å². The quantitative estimate of drug-likeness (QED) is 0.571. The second kappa shape index (κ2) is 6.66. The summed E-state index contributed by atoms with van der Waals surface area (Å²) in [6.07, 6.45) is 0.576. The molecule has 2 nitrogen and oxygen atoms in total. The summed E-state index contributed by atoms with van der Waals surface area (Å²) < 4.78 is 36.5. The van der Waals surface area contributed by atoms with Crippen molar-refractivity contribution in [2.75, 3.05) is 20.3 Å². The zero-order chi connectivity index (χ0) is 12.0. The zero-order valence-electron chi connectivity index (χ0n) is 8.93. The van der Waals surface area contributed by atoms with Gasteiger partial charge in [0.15, 0.2) is 17.4 Å². The van der Waals surface area contributed by atoms with Gasteiger partial charge in [-0.15, -0.1) is 11.6 Å². The van der Waals surface area contributed by atoms with Crippen LogP contribution in [0.1, 0.15) is 12.0 Å². The van der Waals surface area contributed by atoms with Gasteiger partial charge in [-0.05, 0) is 17.7 Å². The average Bonchev–Trinajstić information content (AvgIpc) is 2.26. The van der Waals surface area contributed by atoms with Crippen LogP contribution in [0.3, 0.4) is 0 Å². The van der Waals surface area contributed by atoms with E-state index in [9.17, 15) is 8.78 Å². The van der Waals surface area contributed by atoms with Gasteiger partial charge in [0.1, 0.15) is 0 Å². The van der Waals surface area contributed by atoms with E-state index in [-0.39, 0.29) is 18.2 Å². The minimum absolute atomic E-state index is 0.0673. The van der Waals surface area contributed by atoms with Gasteiger partial charge in [0.2, 0.25) is 0 Å². The van der Waals surface area contributed by atoms with Gasteiger partial charge < -0.3 is 9.47 Å². The molecule has 0 fully saturated rings. The molecule has 0 amide bonds. The van der Waals surface area contributed by atoms with Crippen molar-refractivity contribution in [3.63, 3.8) is 0 Å². The molecule has 1 aromatic carbocycles. The molecule has 0 saturated heterocycles. The first kappa shape index (κ1) is 13.2. The van der Waals surface area contributed by atoms with E-state index in [4.69, 9.17) is 21.1 Å². The smallest absolute Gasteiger partial charge is 0.190 e. The Labute approximate surface area is 98.1 Å². The fourth-order valence-corrected chi connectivity index (χ4v) is 1.36. The summed E-state index contributed by atoms with van der Waals surface area (Å²) in [6, 6.07) is 2.34. The highest BCUT2D eigenvalue weighted by molar-refractivity contribution is 6.17. The Bertz CT molecular complexity index is 322. The molecule has 0 aliphatic heterocycles. The van der Waals surface area contributed by atoms with E-state index in [0.29, 0.717) is 18.6 Å². The molecule has 0 aliphatic carbocycles. The van der Waals surface area contributed by atoms with Crippen LogP contribution in [0, 0.1) is 11.6 Å². The van der Waals surface area contributed by atoms with Gasteiger partial charge in [-0.25, -0.2) is 8.78 Å². The number of ether oxygens (including phenoxy) is 2. The van der Waals surface area contributed by atoms with Crippen molar-refractivity contribution in [2.24, 2.45) is 0 Å². The summed E-state index contributed by atoms with van der Waals surface area (Å²) in [6.45, 7) is 0.699. The Balaban J connectivity index is 2.65. The summed E-state index contributed by atoms with van der Waals surface area (Å²) in [4.78, 5) is 0. The van der Waals surface area contributed by atoms with Crippen LogP contribution in [0.5, 0.6) is 5.75 Å². The van der Waals surface area contributed by atoms with Gasteiger partial charge in [0.25, 0.3) is 0 Å². The van der Waals surface area contributed by atoms with Crippen molar-refractivity contribution in [1.82, 2.24) is 0 Å². The molecule has 0 unspecified atom stereocenters. The first-order valence-electron chi connectivity index (χ1n) is 4.84. The molecule has 16 heavy (non-hydrogen) atoms. The molecule has 0 atom stereocenters.